The number of carboxylic acids is 1. The third-order valence-corrected chi connectivity index (χ3v) is 3.51. The van der Waals surface area contributed by atoms with Gasteiger partial charge in [0.2, 0.25) is 0 Å². The Morgan fingerprint density at radius 2 is 1.88 bits per heavy atom. The van der Waals surface area contributed by atoms with Gasteiger partial charge in [0.25, 0.3) is 0 Å². The number of benzene rings is 1. The highest BCUT2D eigenvalue weighted by Crippen LogP contribution is 2.28. The van der Waals surface area contributed by atoms with Gasteiger partial charge >= 0.3 is 18.2 Å². The number of carbonyl (C=O) groups excluding carboxylic acids is 1. The third-order valence-electron chi connectivity index (χ3n) is 3.26. The maximum atomic E-state index is 11.7. The third kappa shape index (κ3) is 6.26. The first-order valence-corrected chi connectivity index (χ1v) is 7.83. The molecular weight excluding hydrogens is 381 g/mol. The van der Waals surface area contributed by atoms with Gasteiger partial charge in [-0.3, -0.25) is 4.90 Å². The molecule has 0 radical (unpaired) electrons. The number of aliphatic carboxylic acids is 1. The van der Waals surface area contributed by atoms with Crippen molar-refractivity contribution in [1.29, 1.82) is 0 Å². The molecule has 26 heavy (non-hydrogen) atoms. The summed E-state index contributed by atoms with van der Waals surface area (Å²) in [5.41, 5.74) is 5.66. The highest BCUT2D eigenvalue weighted by molar-refractivity contribution is 6.30. The number of rotatable bonds is 4. The van der Waals surface area contributed by atoms with E-state index >= 15 is 0 Å². The molecular formula is C15H18ClF3N2O5. The number of carboxylic acid groups (broad SMARTS) is 1. The van der Waals surface area contributed by atoms with E-state index in [1.165, 1.54) is 4.90 Å². The normalized spacial score (nSPS) is 18.9. The Labute approximate surface area is 152 Å². The van der Waals surface area contributed by atoms with Crippen molar-refractivity contribution in [1.82, 2.24) is 4.90 Å². The lowest BCUT2D eigenvalue weighted by molar-refractivity contribution is -0.192. The molecule has 7 nitrogen and oxygen atoms in total. The molecule has 3 N–H and O–H groups in total. The van der Waals surface area contributed by atoms with Gasteiger partial charge in [-0.25, -0.2) is 9.59 Å². The summed E-state index contributed by atoms with van der Waals surface area (Å²) in [6.45, 7) is 3.14. The Hall–Kier alpha value is -2.20. The molecule has 1 fully saturated rings. The van der Waals surface area contributed by atoms with Crippen molar-refractivity contribution >= 4 is 23.7 Å². The van der Waals surface area contributed by atoms with Crippen LogP contribution in [0.1, 0.15) is 6.92 Å². The predicted octanol–water partition coefficient (Wildman–Crippen LogP) is 2.73. The molecule has 1 aliphatic heterocycles. The number of likely N-dealkylation sites (tertiary alicyclic amines) is 1. The van der Waals surface area contributed by atoms with E-state index < -0.39 is 12.1 Å². The molecule has 2 rings (SSSR count). The van der Waals surface area contributed by atoms with Crippen LogP contribution in [0, 0.1) is 5.92 Å². The minimum atomic E-state index is -5.08. The zero-order valence-corrected chi connectivity index (χ0v) is 14.5. The van der Waals surface area contributed by atoms with Crippen LogP contribution in [-0.4, -0.2) is 54.2 Å². The fourth-order valence-electron chi connectivity index (χ4n) is 1.95. The molecule has 1 amide bonds. The standard InChI is InChI=1S/C13H17ClN2O3.C2HF3O2/c1-2-18-13(17)16-8-9(7-15)12(16)19-11-5-3-10(14)4-6-11;3-2(4,5)1(6)7/h3-6,9,12H,2,7-8,15H2,1H3;(H,6,7). The van der Waals surface area contributed by atoms with Crippen LogP contribution in [0.2, 0.25) is 5.02 Å². The summed E-state index contributed by atoms with van der Waals surface area (Å²) < 4.78 is 42.5. The molecule has 0 aromatic heterocycles. The van der Waals surface area contributed by atoms with Gasteiger partial charge in [0.15, 0.2) is 6.23 Å². The van der Waals surface area contributed by atoms with Crippen LogP contribution in [-0.2, 0) is 9.53 Å². The quantitative estimate of drug-likeness (QED) is 0.808. The van der Waals surface area contributed by atoms with Crippen LogP contribution in [0.15, 0.2) is 24.3 Å². The van der Waals surface area contributed by atoms with Gasteiger partial charge in [0, 0.05) is 24.0 Å². The van der Waals surface area contributed by atoms with Crippen molar-refractivity contribution < 1.29 is 37.3 Å². The number of hydrogen-bond donors (Lipinski definition) is 2. The van der Waals surface area contributed by atoms with Crippen LogP contribution in [0.4, 0.5) is 18.0 Å². The molecule has 1 aromatic carbocycles. The zero-order valence-electron chi connectivity index (χ0n) is 13.7. The van der Waals surface area contributed by atoms with Crippen molar-refractivity contribution in [2.24, 2.45) is 11.7 Å². The summed E-state index contributed by atoms with van der Waals surface area (Å²) in [6.07, 6.45) is -5.82. The average molecular weight is 399 g/mol. The van der Waals surface area contributed by atoms with Gasteiger partial charge in [-0.2, -0.15) is 13.2 Å². The summed E-state index contributed by atoms with van der Waals surface area (Å²) in [4.78, 5) is 22.1. The first-order valence-electron chi connectivity index (χ1n) is 7.45. The van der Waals surface area contributed by atoms with Crippen LogP contribution in [0.25, 0.3) is 0 Å². The van der Waals surface area contributed by atoms with Crippen LogP contribution >= 0.6 is 11.6 Å². The van der Waals surface area contributed by atoms with E-state index in [4.69, 9.17) is 36.7 Å². The number of halogens is 4. The minimum absolute atomic E-state index is 0.125. The van der Waals surface area contributed by atoms with E-state index in [-0.39, 0.29) is 18.2 Å². The number of hydrogen-bond acceptors (Lipinski definition) is 5. The average Bonchev–Trinajstić information content (AvgIpc) is 2.53. The van der Waals surface area contributed by atoms with Gasteiger partial charge < -0.3 is 20.3 Å². The largest absolute Gasteiger partial charge is 0.490 e. The van der Waals surface area contributed by atoms with Gasteiger partial charge in [-0.05, 0) is 31.2 Å². The summed E-state index contributed by atoms with van der Waals surface area (Å²) in [6, 6.07) is 7.00. The van der Waals surface area contributed by atoms with Crippen molar-refractivity contribution in [3.8, 4) is 5.75 Å². The van der Waals surface area contributed by atoms with Crippen molar-refractivity contribution in [2.45, 2.75) is 19.3 Å². The van der Waals surface area contributed by atoms with Gasteiger partial charge in [0.1, 0.15) is 5.75 Å². The van der Waals surface area contributed by atoms with Crippen molar-refractivity contribution in [2.75, 3.05) is 19.7 Å². The number of ether oxygens (including phenoxy) is 2. The molecule has 146 valence electrons. The van der Waals surface area contributed by atoms with E-state index in [9.17, 15) is 18.0 Å². The number of nitrogens with zero attached hydrogens (tertiary/aromatic N) is 1. The monoisotopic (exact) mass is 398 g/mol. The van der Waals surface area contributed by atoms with Gasteiger partial charge in [-0.15, -0.1) is 0 Å². The molecule has 2 unspecified atom stereocenters. The van der Waals surface area contributed by atoms with Crippen LogP contribution in [0.3, 0.4) is 0 Å². The summed E-state index contributed by atoms with van der Waals surface area (Å²) >= 11 is 5.81. The molecule has 1 aliphatic rings. The maximum absolute atomic E-state index is 11.7. The lowest BCUT2D eigenvalue weighted by Crippen LogP contribution is -2.63. The molecule has 11 heteroatoms. The molecule has 0 spiro atoms. The summed E-state index contributed by atoms with van der Waals surface area (Å²) in [5, 5.41) is 7.76. The molecule has 1 aromatic rings. The minimum Gasteiger partial charge on any atom is -0.475 e. The maximum Gasteiger partial charge on any atom is 0.490 e. The zero-order chi connectivity index (χ0) is 19.9. The van der Waals surface area contributed by atoms with Gasteiger partial charge in [-0.1, -0.05) is 11.6 Å². The molecule has 1 heterocycles. The number of amides is 1. The molecule has 1 saturated heterocycles. The smallest absolute Gasteiger partial charge is 0.475 e. The fraction of sp³-hybridized carbons (Fsp3) is 0.467. The van der Waals surface area contributed by atoms with Crippen LogP contribution in [0.5, 0.6) is 5.75 Å². The SMILES string of the molecule is CCOC(=O)N1CC(CN)C1Oc1ccc(Cl)cc1.O=C(O)C(F)(F)F. The highest BCUT2D eigenvalue weighted by Gasteiger charge is 2.44. The summed E-state index contributed by atoms with van der Waals surface area (Å²) in [5.74, 6) is -1.98. The van der Waals surface area contributed by atoms with Crippen molar-refractivity contribution in [3.63, 3.8) is 0 Å². The van der Waals surface area contributed by atoms with E-state index in [1.807, 2.05) is 0 Å². The molecule has 2 atom stereocenters. The lowest BCUT2D eigenvalue weighted by atomic mass is 9.98. The van der Waals surface area contributed by atoms with E-state index in [2.05, 4.69) is 0 Å². The van der Waals surface area contributed by atoms with Crippen LogP contribution < -0.4 is 10.5 Å². The second-order valence-electron chi connectivity index (χ2n) is 5.11. The Morgan fingerprint density at radius 3 is 2.31 bits per heavy atom. The van der Waals surface area contributed by atoms with E-state index in [0.29, 0.717) is 30.5 Å². The van der Waals surface area contributed by atoms with E-state index in [0.717, 1.165) is 0 Å². The topological polar surface area (TPSA) is 102 Å². The van der Waals surface area contributed by atoms with Gasteiger partial charge in [0.05, 0.1) is 6.61 Å². The Morgan fingerprint density at radius 1 is 1.35 bits per heavy atom. The first kappa shape index (κ1) is 21.8. The molecule has 0 bridgehead atoms. The molecule has 0 aliphatic carbocycles. The fourth-order valence-corrected chi connectivity index (χ4v) is 2.08. The van der Waals surface area contributed by atoms with E-state index in [1.54, 1.807) is 31.2 Å². The predicted molar refractivity (Wildman–Crippen MR) is 85.8 cm³/mol. The first-order chi connectivity index (χ1) is 12.1. The Bertz CT molecular complexity index is 612. The lowest BCUT2D eigenvalue weighted by Gasteiger charge is -2.45. The number of nitrogens with two attached hydrogens (primary N) is 1. The molecule has 0 saturated carbocycles. The second-order valence-corrected chi connectivity index (χ2v) is 5.55. The second kappa shape index (κ2) is 9.48. The summed E-state index contributed by atoms with van der Waals surface area (Å²) in [7, 11) is 0. The van der Waals surface area contributed by atoms with Crippen molar-refractivity contribution in [3.05, 3.63) is 29.3 Å². The Balaban J connectivity index is 0.000000412. The Kier molecular flexibility index (Phi) is 7.97. The number of carbonyl (C=O) groups is 2. The highest BCUT2D eigenvalue weighted by atomic mass is 35.5. The number of alkyl halides is 3.